The smallest absolute Gasteiger partial charge is 0.0664 e. The molecule has 0 saturated heterocycles. The first kappa shape index (κ1) is 16.0. The molecule has 2 nitrogen and oxygen atoms in total. The van der Waals surface area contributed by atoms with E-state index < -0.39 is 0 Å². The Morgan fingerprint density at radius 2 is 2.11 bits per heavy atom. The fraction of sp³-hybridized carbons (Fsp3) is 0.571. The number of halogens is 2. The van der Waals surface area contributed by atoms with Gasteiger partial charge in [0, 0.05) is 4.47 Å². The lowest BCUT2D eigenvalue weighted by atomic mass is 10.1. The molecular formula is C14H21BrClNO. The summed E-state index contributed by atoms with van der Waals surface area (Å²) in [5.74, 6) is 0. The maximum Gasteiger partial charge on any atom is 0.0664 e. The van der Waals surface area contributed by atoms with Gasteiger partial charge in [-0.15, -0.1) is 0 Å². The molecule has 1 atom stereocenters. The van der Waals surface area contributed by atoms with Gasteiger partial charge < -0.3 is 10.1 Å². The van der Waals surface area contributed by atoms with E-state index in [1.807, 2.05) is 12.1 Å². The minimum absolute atomic E-state index is 0.209. The molecule has 0 saturated carbocycles. The zero-order valence-electron chi connectivity index (χ0n) is 11.2. The van der Waals surface area contributed by atoms with Crippen molar-refractivity contribution >= 4 is 27.5 Å². The molecule has 4 heteroatoms. The first-order valence-corrected chi connectivity index (χ1v) is 7.51. The van der Waals surface area contributed by atoms with Crippen LogP contribution in [-0.2, 0) is 4.74 Å². The molecule has 1 N–H and O–H groups in total. The monoisotopic (exact) mass is 333 g/mol. The summed E-state index contributed by atoms with van der Waals surface area (Å²) in [5, 5.41) is 4.23. The fourth-order valence-electron chi connectivity index (χ4n) is 1.61. The topological polar surface area (TPSA) is 21.3 Å². The molecule has 0 radical (unpaired) electrons. The molecule has 0 aliphatic rings. The summed E-state index contributed by atoms with van der Waals surface area (Å²) in [4.78, 5) is 0. The molecule has 0 fully saturated rings. The van der Waals surface area contributed by atoms with E-state index in [4.69, 9.17) is 16.3 Å². The number of hydrogen-bond donors (Lipinski definition) is 1. The van der Waals surface area contributed by atoms with E-state index in [9.17, 15) is 0 Å². The summed E-state index contributed by atoms with van der Waals surface area (Å²) in [5.41, 5.74) is 1.19. The highest BCUT2D eigenvalue weighted by atomic mass is 79.9. The Kier molecular flexibility index (Phi) is 7.23. The Morgan fingerprint density at radius 1 is 1.39 bits per heavy atom. The van der Waals surface area contributed by atoms with Crippen molar-refractivity contribution < 1.29 is 4.74 Å². The average molecular weight is 335 g/mol. The molecule has 102 valence electrons. The second-order valence-corrected chi connectivity index (χ2v) is 5.82. The number of rotatable bonds is 7. The van der Waals surface area contributed by atoms with Crippen LogP contribution in [0.3, 0.4) is 0 Å². The highest BCUT2D eigenvalue weighted by Gasteiger charge is 2.13. The Bertz CT molecular complexity index is 371. The van der Waals surface area contributed by atoms with Crippen LogP contribution in [-0.4, -0.2) is 19.3 Å². The SMILES string of the molecule is CCCNC(COC(C)C)c1ccc(Cl)c(Br)c1. The van der Waals surface area contributed by atoms with Crippen LogP contribution in [0.1, 0.15) is 38.8 Å². The zero-order chi connectivity index (χ0) is 13.5. The molecule has 0 aliphatic carbocycles. The molecule has 0 aliphatic heterocycles. The molecule has 0 heterocycles. The van der Waals surface area contributed by atoms with Gasteiger partial charge in [-0.1, -0.05) is 24.6 Å². The highest BCUT2D eigenvalue weighted by molar-refractivity contribution is 9.10. The lowest BCUT2D eigenvalue weighted by Gasteiger charge is -2.21. The Labute approximate surface area is 123 Å². The van der Waals surface area contributed by atoms with Crippen molar-refractivity contribution in [2.24, 2.45) is 0 Å². The van der Waals surface area contributed by atoms with Crippen LogP contribution in [0, 0.1) is 0 Å². The third kappa shape index (κ3) is 5.27. The summed E-state index contributed by atoms with van der Waals surface area (Å²) in [6.45, 7) is 7.91. The normalized spacial score (nSPS) is 13.0. The van der Waals surface area contributed by atoms with Gasteiger partial charge in [0.05, 0.1) is 23.8 Å². The molecule has 1 unspecified atom stereocenters. The maximum absolute atomic E-state index is 6.02. The van der Waals surface area contributed by atoms with Crippen molar-refractivity contribution in [3.05, 3.63) is 33.3 Å². The summed E-state index contributed by atoms with van der Waals surface area (Å²) in [6, 6.07) is 6.22. The van der Waals surface area contributed by atoms with Crippen LogP contribution in [0.5, 0.6) is 0 Å². The predicted octanol–water partition coefficient (Wildman–Crippen LogP) is 4.57. The summed E-state index contributed by atoms with van der Waals surface area (Å²) < 4.78 is 6.64. The van der Waals surface area contributed by atoms with Crippen LogP contribution < -0.4 is 5.32 Å². The molecule has 0 amide bonds. The maximum atomic E-state index is 6.02. The first-order valence-electron chi connectivity index (χ1n) is 6.34. The van der Waals surface area contributed by atoms with E-state index in [1.54, 1.807) is 0 Å². The molecule has 1 rings (SSSR count). The molecule has 18 heavy (non-hydrogen) atoms. The number of ether oxygens (including phenoxy) is 1. The Morgan fingerprint density at radius 3 is 2.67 bits per heavy atom. The number of benzene rings is 1. The van der Waals surface area contributed by atoms with E-state index in [0.717, 1.165) is 22.5 Å². The molecule has 1 aromatic rings. The van der Waals surface area contributed by atoms with E-state index in [-0.39, 0.29) is 12.1 Å². The van der Waals surface area contributed by atoms with Gasteiger partial charge in [-0.25, -0.2) is 0 Å². The van der Waals surface area contributed by atoms with Gasteiger partial charge in [-0.05, 0) is 60.4 Å². The lowest BCUT2D eigenvalue weighted by Crippen LogP contribution is -2.27. The van der Waals surface area contributed by atoms with Gasteiger partial charge in [-0.3, -0.25) is 0 Å². The molecule has 0 spiro atoms. The van der Waals surface area contributed by atoms with Crippen molar-refractivity contribution in [2.75, 3.05) is 13.2 Å². The van der Waals surface area contributed by atoms with Gasteiger partial charge in [0.15, 0.2) is 0 Å². The molecule has 0 bridgehead atoms. The number of nitrogens with one attached hydrogen (secondary N) is 1. The van der Waals surface area contributed by atoms with Gasteiger partial charge in [-0.2, -0.15) is 0 Å². The summed E-state index contributed by atoms with van der Waals surface area (Å²) in [6.07, 6.45) is 1.35. The van der Waals surface area contributed by atoms with Crippen LogP contribution in [0.25, 0.3) is 0 Å². The van der Waals surface area contributed by atoms with E-state index in [2.05, 4.69) is 48.1 Å². The van der Waals surface area contributed by atoms with Gasteiger partial charge in [0.1, 0.15) is 0 Å². The van der Waals surface area contributed by atoms with Crippen molar-refractivity contribution in [1.82, 2.24) is 5.32 Å². The van der Waals surface area contributed by atoms with E-state index >= 15 is 0 Å². The standard InChI is InChI=1S/C14H21BrClNO/c1-4-7-17-14(9-18-10(2)3)11-5-6-13(16)12(15)8-11/h5-6,8,10,14,17H,4,7,9H2,1-3H3. The number of hydrogen-bond acceptors (Lipinski definition) is 2. The van der Waals surface area contributed by atoms with Gasteiger partial charge in [0.2, 0.25) is 0 Å². The largest absolute Gasteiger partial charge is 0.377 e. The molecule has 0 aromatic heterocycles. The Hall–Kier alpha value is -0.0900. The summed E-state index contributed by atoms with van der Waals surface area (Å²) >= 11 is 9.48. The molecule has 1 aromatic carbocycles. The summed E-state index contributed by atoms with van der Waals surface area (Å²) in [7, 11) is 0. The minimum atomic E-state index is 0.209. The quantitative estimate of drug-likeness (QED) is 0.788. The van der Waals surface area contributed by atoms with Crippen molar-refractivity contribution in [3.8, 4) is 0 Å². The zero-order valence-corrected chi connectivity index (χ0v) is 13.5. The second kappa shape index (κ2) is 8.16. The third-order valence-corrected chi connectivity index (χ3v) is 3.80. The second-order valence-electron chi connectivity index (χ2n) is 4.56. The van der Waals surface area contributed by atoms with Crippen LogP contribution in [0.15, 0.2) is 22.7 Å². The van der Waals surface area contributed by atoms with Crippen molar-refractivity contribution in [2.45, 2.75) is 39.3 Å². The van der Waals surface area contributed by atoms with Crippen molar-refractivity contribution in [1.29, 1.82) is 0 Å². The van der Waals surface area contributed by atoms with Crippen LogP contribution in [0.4, 0.5) is 0 Å². The van der Waals surface area contributed by atoms with E-state index in [1.165, 1.54) is 5.56 Å². The van der Waals surface area contributed by atoms with E-state index in [0.29, 0.717) is 6.61 Å². The van der Waals surface area contributed by atoms with Gasteiger partial charge in [0.25, 0.3) is 0 Å². The fourth-order valence-corrected chi connectivity index (χ4v) is 2.12. The van der Waals surface area contributed by atoms with Crippen LogP contribution >= 0.6 is 27.5 Å². The molecular weight excluding hydrogens is 314 g/mol. The average Bonchev–Trinajstić information content (AvgIpc) is 2.33. The first-order chi connectivity index (χ1) is 8.54. The highest BCUT2D eigenvalue weighted by Crippen LogP contribution is 2.26. The van der Waals surface area contributed by atoms with Gasteiger partial charge >= 0.3 is 0 Å². The minimum Gasteiger partial charge on any atom is -0.377 e. The third-order valence-electron chi connectivity index (χ3n) is 2.58. The Balaban J connectivity index is 2.76. The lowest BCUT2D eigenvalue weighted by molar-refractivity contribution is 0.0611. The van der Waals surface area contributed by atoms with Crippen LogP contribution in [0.2, 0.25) is 5.02 Å². The van der Waals surface area contributed by atoms with Crippen molar-refractivity contribution in [3.63, 3.8) is 0 Å². The predicted molar refractivity (Wildman–Crippen MR) is 81.3 cm³/mol.